The van der Waals surface area contributed by atoms with E-state index in [1.807, 2.05) is 36.4 Å². The minimum Gasteiger partial charge on any atom is -0.489 e. The van der Waals surface area contributed by atoms with Gasteiger partial charge in [0.2, 0.25) is 0 Å². The Balaban J connectivity index is 1.30. The molecule has 1 saturated heterocycles. The number of hydrogen-bond acceptors (Lipinski definition) is 3. The number of likely N-dealkylation sites (tertiary alicyclic amines) is 1. The maximum absolute atomic E-state index is 12.8. The number of hydrogen-bond donors (Lipinski definition) is 1. The number of alkyl halides is 3. The van der Waals surface area contributed by atoms with Crippen LogP contribution in [0.25, 0.3) is 0 Å². The van der Waals surface area contributed by atoms with E-state index in [0.717, 1.165) is 16.7 Å². The summed E-state index contributed by atoms with van der Waals surface area (Å²) in [5.74, 6) is -0.533. The molecule has 0 radical (unpaired) electrons. The Bertz CT molecular complexity index is 873. The number of ether oxygens (including phenoxy) is 1. The van der Waals surface area contributed by atoms with Crippen molar-refractivity contribution in [1.82, 2.24) is 10.2 Å². The summed E-state index contributed by atoms with van der Waals surface area (Å²) < 4.78 is 44.2. The van der Waals surface area contributed by atoms with E-state index in [-0.39, 0.29) is 18.7 Å². The van der Waals surface area contributed by atoms with Crippen molar-refractivity contribution in [3.63, 3.8) is 0 Å². The van der Waals surface area contributed by atoms with E-state index in [1.165, 1.54) is 0 Å². The molecule has 2 aliphatic rings. The van der Waals surface area contributed by atoms with Crippen LogP contribution in [-0.2, 0) is 19.7 Å². The molecular formula is C22H23F3N2O2. The SMILES string of the molecule is O=C1NCc2c(OCc3ccc(CN4CCC(C(F)(F)F)CC4)cc3)cccc21. The smallest absolute Gasteiger partial charge is 0.391 e. The van der Waals surface area contributed by atoms with Gasteiger partial charge in [-0.15, -0.1) is 0 Å². The molecule has 2 aromatic rings. The largest absolute Gasteiger partial charge is 0.489 e. The number of nitrogens with zero attached hydrogens (tertiary/aromatic N) is 1. The number of carbonyl (C=O) groups excluding carboxylic acids is 1. The predicted molar refractivity (Wildman–Crippen MR) is 102 cm³/mol. The average Bonchev–Trinajstić information content (AvgIpc) is 3.09. The zero-order valence-corrected chi connectivity index (χ0v) is 16.0. The molecular weight excluding hydrogens is 381 g/mol. The Kier molecular flexibility index (Phi) is 5.50. The number of benzene rings is 2. The summed E-state index contributed by atoms with van der Waals surface area (Å²) in [6.07, 6.45) is -3.72. The minimum atomic E-state index is -4.07. The van der Waals surface area contributed by atoms with Gasteiger partial charge in [-0.05, 0) is 49.2 Å². The highest BCUT2D eigenvalue weighted by atomic mass is 19.4. The molecule has 1 fully saturated rings. The molecule has 2 heterocycles. The van der Waals surface area contributed by atoms with Gasteiger partial charge in [-0.1, -0.05) is 30.3 Å². The lowest BCUT2D eigenvalue weighted by molar-refractivity contribution is -0.185. The van der Waals surface area contributed by atoms with Crippen LogP contribution in [-0.4, -0.2) is 30.1 Å². The third-order valence-electron chi connectivity index (χ3n) is 5.68. The summed E-state index contributed by atoms with van der Waals surface area (Å²) in [7, 11) is 0. The Labute approximate surface area is 167 Å². The van der Waals surface area contributed by atoms with Crippen LogP contribution in [0.1, 0.15) is 39.9 Å². The monoisotopic (exact) mass is 404 g/mol. The molecule has 4 rings (SSSR count). The van der Waals surface area contributed by atoms with E-state index in [9.17, 15) is 18.0 Å². The van der Waals surface area contributed by atoms with Crippen LogP contribution in [0.5, 0.6) is 5.75 Å². The van der Waals surface area contributed by atoms with Crippen molar-refractivity contribution in [3.05, 3.63) is 64.7 Å². The van der Waals surface area contributed by atoms with Crippen LogP contribution < -0.4 is 10.1 Å². The van der Waals surface area contributed by atoms with E-state index in [1.54, 1.807) is 6.07 Å². The highest BCUT2D eigenvalue weighted by molar-refractivity contribution is 5.99. The predicted octanol–water partition coefficient (Wildman–Crippen LogP) is 4.28. The molecule has 29 heavy (non-hydrogen) atoms. The Hall–Kier alpha value is -2.54. The van der Waals surface area contributed by atoms with Gasteiger partial charge in [0.1, 0.15) is 12.4 Å². The lowest BCUT2D eigenvalue weighted by Gasteiger charge is -2.32. The third kappa shape index (κ3) is 4.56. The van der Waals surface area contributed by atoms with Gasteiger partial charge in [0.25, 0.3) is 5.91 Å². The number of piperidine rings is 1. The molecule has 0 aromatic heterocycles. The molecule has 4 nitrogen and oxygen atoms in total. The second-order valence-corrected chi connectivity index (χ2v) is 7.66. The number of carbonyl (C=O) groups is 1. The van der Waals surface area contributed by atoms with Gasteiger partial charge in [-0.25, -0.2) is 0 Å². The van der Waals surface area contributed by atoms with Crippen molar-refractivity contribution < 1.29 is 22.7 Å². The molecule has 154 valence electrons. The summed E-state index contributed by atoms with van der Waals surface area (Å²) in [4.78, 5) is 13.8. The van der Waals surface area contributed by atoms with Gasteiger partial charge in [-0.3, -0.25) is 9.69 Å². The zero-order valence-electron chi connectivity index (χ0n) is 16.0. The van der Waals surface area contributed by atoms with Crippen molar-refractivity contribution in [2.24, 2.45) is 5.92 Å². The first-order valence-electron chi connectivity index (χ1n) is 9.80. The Morgan fingerprint density at radius 1 is 1.03 bits per heavy atom. The number of amides is 1. The summed E-state index contributed by atoms with van der Waals surface area (Å²) in [5.41, 5.74) is 3.62. The Morgan fingerprint density at radius 2 is 1.72 bits per heavy atom. The molecule has 0 spiro atoms. The highest BCUT2D eigenvalue weighted by Gasteiger charge is 2.40. The molecule has 1 N–H and O–H groups in total. The van der Waals surface area contributed by atoms with Crippen LogP contribution in [0, 0.1) is 5.92 Å². The van der Waals surface area contributed by atoms with E-state index in [2.05, 4.69) is 10.2 Å². The first-order valence-corrected chi connectivity index (χ1v) is 9.80. The molecule has 0 saturated carbocycles. The van der Waals surface area contributed by atoms with E-state index >= 15 is 0 Å². The number of fused-ring (bicyclic) bond motifs is 1. The molecule has 2 aromatic carbocycles. The van der Waals surface area contributed by atoms with Crippen molar-refractivity contribution in [2.45, 2.75) is 38.7 Å². The van der Waals surface area contributed by atoms with Gasteiger partial charge < -0.3 is 10.1 Å². The number of rotatable bonds is 5. The normalized spacial score (nSPS) is 17.8. The molecule has 0 bridgehead atoms. The zero-order chi connectivity index (χ0) is 20.4. The van der Waals surface area contributed by atoms with Gasteiger partial charge in [0.15, 0.2) is 0 Å². The first-order chi connectivity index (χ1) is 13.9. The first kappa shape index (κ1) is 19.8. The molecule has 0 aliphatic carbocycles. The van der Waals surface area contributed by atoms with Crippen molar-refractivity contribution in [3.8, 4) is 5.75 Å². The molecule has 2 aliphatic heterocycles. The topological polar surface area (TPSA) is 41.6 Å². The quantitative estimate of drug-likeness (QED) is 0.809. The standard InChI is InChI=1S/C22H23F3N2O2/c23-22(24,25)17-8-10-27(11-9-17)13-15-4-6-16(7-5-15)14-29-20-3-1-2-18-19(20)12-26-21(18)28/h1-7,17H,8-14H2,(H,26,28). The van der Waals surface area contributed by atoms with Gasteiger partial charge in [0, 0.05) is 24.2 Å². The fourth-order valence-electron chi connectivity index (χ4n) is 3.94. The number of nitrogens with one attached hydrogen (secondary N) is 1. The second kappa shape index (κ2) is 8.06. The summed E-state index contributed by atoms with van der Waals surface area (Å²) in [6.45, 7) is 2.48. The lowest BCUT2D eigenvalue weighted by atomic mass is 9.96. The summed E-state index contributed by atoms with van der Waals surface area (Å²) >= 11 is 0. The number of halogens is 3. The third-order valence-corrected chi connectivity index (χ3v) is 5.68. The van der Waals surface area contributed by atoms with Crippen LogP contribution in [0.15, 0.2) is 42.5 Å². The van der Waals surface area contributed by atoms with Gasteiger partial charge in [0.05, 0.1) is 5.92 Å². The Morgan fingerprint density at radius 3 is 2.41 bits per heavy atom. The van der Waals surface area contributed by atoms with Gasteiger partial charge >= 0.3 is 6.18 Å². The van der Waals surface area contributed by atoms with Crippen molar-refractivity contribution in [1.29, 1.82) is 0 Å². The molecule has 0 unspecified atom stereocenters. The van der Waals surface area contributed by atoms with Crippen LogP contribution >= 0.6 is 0 Å². The molecule has 1 amide bonds. The van der Waals surface area contributed by atoms with E-state index < -0.39 is 12.1 Å². The fourth-order valence-corrected chi connectivity index (χ4v) is 3.94. The van der Waals surface area contributed by atoms with E-state index in [4.69, 9.17) is 4.74 Å². The van der Waals surface area contributed by atoms with E-state index in [0.29, 0.717) is 44.1 Å². The molecule has 7 heteroatoms. The van der Waals surface area contributed by atoms with Crippen LogP contribution in [0.4, 0.5) is 13.2 Å². The van der Waals surface area contributed by atoms with Gasteiger partial charge in [-0.2, -0.15) is 13.2 Å². The maximum Gasteiger partial charge on any atom is 0.391 e. The van der Waals surface area contributed by atoms with Crippen molar-refractivity contribution in [2.75, 3.05) is 13.1 Å². The lowest BCUT2D eigenvalue weighted by Crippen LogP contribution is -2.38. The summed E-state index contributed by atoms with van der Waals surface area (Å²) in [5, 5.41) is 2.79. The van der Waals surface area contributed by atoms with Crippen LogP contribution in [0.2, 0.25) is 0 Å². The highest BCUT2D eigenvalue weighted by Crippen LogP contribution is 2.34. The molecule has 0 atom stereocenters. The maximum atomic E-state index is 12.8. The summed E-state index contributed by atoms with van der Waals surface area (Å²) in [6, 6.07) is 13.4. The fraction of sp³-hybridized carbons (Fsp3) is 0.409. The average molecular weight is 404 g/mol. The van der Waals surface area contributed by atoms with Crippen molar-refractivity contribution >= 4 is 5.91 Å². The minimum absolute atomic E-state index is 0.0749. The second-order valence-electron chi connectivity index (χ2n) is 7.66. The van der Waals surface area contributed by atoms with Crippen LogP contribution in [0.3, 0.4) is 0 Å².